The fraction of sp³-hybridized carbons (Fsp3) is 0.867. The molecule has 0 aromatic rings. The van der Waals surface area contributed by atoms with Crippen LogP contribution >= 0.6 is 0 Å². The summed E-state index contributed by atoms with van der Waals surface area (Å²) in [5, 5.41) is 8.60. The lowest BCUT2D eigenvalue weighted by Crippen LogP contribution is -2.47. The Morgan fingerprint density at radius 2 is 1.90 bits per heavy atom. The van der Waals surface area contributed by atoms with E-state index in [9.17, 15) is 9.59 Å². The zero-order valence-electron chi connectivity index (χ0n) is 12.8. The van der Waals surface area contributed by atoms with E-state index in [1.807, 2.05) is 4.90 Å². The number of carboxylic acid groups (broad SMARTS) is 1. The highest BCUT2D eigenvalue weighted by molar-refractivity contribution is 5.78. The Hall–Kier alpha value is -1.14. The Bertz CT molecular complexity index is 367. The minimum atomic E-state index is -0.924. The molecule has 2 aliphatic rings. The molecule has 1 atom stereocenters. The highest BCUT2D eigenvalue weighted by Gasteiger charge is 2.25. The first-order chi connectivity index (χ1) is 10.0. The predicted octanol–water partition coefficient (Wildman–Crippen LogP) is 0.811. The van der Waals surface area contributed by atoms with Crippen molar-refractivity contribution in [3.63, 3.8) is 0 Å². The van der Waals surface area contributed by atoms with Crippen molar-refractivity contribution in [1.82, 2.24) is 9.80 Å². The summed E-state index contributed by atoms with van der Waals surface area (Å²) in [5.41, 5.74) is 0. The summed E-state index contributed by atoms with van der Waals surface area (Å²) in [6, 6.07) is 0. The number of nitrogens with zero attached hydrogens (tertiary/aromatic N) is 2. The first kappa shape index (κ1) is 16.2. The Balaban J connectivity index is 1.68. The van der Waals surface area contributed by atoms with E-state index in [4.69, 9.17) is 9.84 Å². The topological polar surface area (TPSA) is 70.1 Å². The van der Waals surface area contributed by atoms with Gasteiger partial charge in [0.1, 0.15) is 6.61 Å². The van der Waals surface area contributed by atoms with E-state index in [2.05, 4.69) is 11.8 Å². The molecule has 2 fully saturated rings. The molecular formula is C15H26N2O4. The number of amides is 1. The van der Waals surface area contributed by atoms with Gasteiger partial charge in [0.15, 0.2) is 0 Å². The quantitative estimate of drug-likeness (QED) is 0.813. The molecule has 0 radical (unpaired) electrons. The van der Waals surface area contributed by atoms with Gasteiger partial charge in [-0.05, 0) is 31.6 Å². The van der Waals surface area contributed by atoms with E-state index in [0.29, 0.717) is 12.5 Å². The number of carboxylic acids is 1. The molecule has 0 aromatic heterocycles. The van der Waals surface area contributed by atoms with Gasteiger partial charge < -0.3 is 14.7 Å². The number of piperidine rings is 2. The van der Waals surface area contributed by atoms with Crippen LogP contribution < -0.4 is 0 Å². The zero-order valence-corrected chi connectivity index (χ0v) is 12.8. The molecule has 2 saturated heterocycles. The maximum Gasteiger partial charge on any atom is 0.329 e. The number of ether oxygens (including phenoxy) is 1. The molecule has 0 aromatic carbocycles. The van der Waals surface area contributed by atoms with Crippen molar-refractivity contribution in [1.29, 1.82) is 0 Å². The van der Waals surface area contributed by atoms with Gasteiger partial charge >= 0.3 is 5.97 Å². The molecule has 0 bridgehead atoms. The van der Waals surface area contributed by atoms with Gasteiger partial charge in [0, 0.05) is 26.2 Å². The second-order valence-corrected chi connectivity index (χ2v) is 6.27. The van der Waals surface area contributed by atoms with Crippen LogP contribution in [0.15, 0.2) is 0 Å². The number of carbonyl (C=O) groups is 2. The number of rotatable bonds is 5. The molecule has 0 spiro atoms. The van der Waals surface area contributed by atoms with Crippen LogP contribution in [0.5, 0.6) is 0 Å². The fourth-order valence-electron chi connectivity index (χ4n) is 3.13. The maximum atomic E-state index is 12.3. The molecule has 6 heteroatoms. The lowest BCUT2D eigenvalue weighted by atomic mass is 10.0. The maximum absolute atomic E-state index is 12.3. The monoisotopic (exact) mass is 298 g/mol. The molecule has 21 heavy (non-hydrogen) atoms. The van der Waals surface area contributed by atoms with Crippen LogP contribution in [0, 0.1) is 5.92 Å². The van der Waals surface area contributed by atoms with Gasteiger partial charge in [0.05, 0.1) is 12.6 Å². The Morgan fingerprint density at radius 1 is 1.19 bits per heavy atom. The normalized spacial score (nSPS) is 25.0. The third-order valence-corrected chi connectivity index (χ3v) is 4.35. The van der Waals surface area contributed by atoms with Crippen LogP contribution in [0.1, 0.15) is 32.6 Å². The van der Waals surface area contributed by atoms with Crippen molar-refractivity contribution >= 4 is 11.9 Å². The number of likely N-dealkylation sites (tertiary alicyclic amines) is 2. The molecular weight excluding hydrogens is 272 g/mol. The molecule has 2 heterocycles. The summed E-state index contributed by atoms with van der Waals surface area (Å²) in [4.78, 5) is 26.9. The largest absolute Gasteiger partial charge is 0.480 e. The van der Waals surface area contributed by atoms with Crippen LogP contribution in [0.2, 0.25) is 0 Å². The summed E-state index contributed by atoms with van der Waals surface area (Å²) in [6.07, 6.45) is 3.95. The van der Waals surface area contributed by atoms with Gasteiger partial charge in [-0.15, -0.1) is 0 Å². The molecule has 1 unspecified atom stereocenters. The standard InChI is InChI=1S/C15H26N2O4/c1-12-3-2-6-17(9-12)14(18)10-16-7-4-13(5-8-16)21-11-15(19)20/h12-13H,2-11H2,1H3,(H,19,20). The van der Waals surface area contributed by atoms with E-state index in [0.717, 1.165) is 45.4 Å². The summed E-state index contributed by atoms with van der Waals surface area (Å²) < 4.78 is 5.31. The fourth-order valence-corrected chi connectivity index (χ4v) is 3.13. The Morgan fingerprint density at radius 3 is 2.52 bits per heavy atom. The van der Waals surface area contributed by atoms with E-state index in [-0.39, 0.29) is 18.6 Å². The van der Waals surface area contributed by atoms with E-state index >= 15 is 0 Å². The van der Waals surface area contributed by atoms with Gasteiger partial charge in [-0.25, -0.2) is 4.79 Å². The minimum absolute atomic E-state index is 0.0162. The second kappa shape index (κ2) is 7.75. The second-order valence-electron chi connectivity index (χ2n) is 6.27. The van der Waals surface area contributed by atoms with E-state index in [1.165, 1.54) is 6.42 Å². The Kier molecular flexibility index (Phi) is 5.99. The molecule has 1 N–H and O–H groups in total. The van der Waals surface area contributed by atoms with Crippen LogP contribution in [-0.2, 0) is 14.3 Å². The average Bonchev–Trinajstić information content (AvgIpc) is 2.46. The number of hydrogen-bond acceptors (Lipinski definition) is 4. The van der Waals surface area contributed by atoms with Crippen molar-refractivity contribution in [3.05, 3.63) is 0 Å². The summed E-state index contributed by atoms with van der Waals surface area (Å²) in [6.45, 7) is 5.84. The summed E-state index contributed by atoms with van der Waals surface area (Å²) in [7, 11) is 0. The Labute approximate surface area is 126 Å². The van der Waals surface area contributed by atoms with Crippen LogP contribution in [-0.4, -0.2) is 72.2 Å². The first-order valence-corrected chi connectivity index (χ1v) is 7.88. The third-order valence-electron chi connectivity index (χ3n) is 4.35. The number of hydrogen-bond donors (Lipinski definition) is 1. The van der Waals surface area contributed by atoms with Gasteiger partial charge in [-0.2, -0.15) is 0 Å². The average molecular weight is 298 g/mol. The van der Waals surface area contributed by atoms with Crippen molar-refractivity contribution in [2.24, 2.45) is 5.92 Å². The predicted molar refractivity (Wildman–Crippen MR) is 78.0 cm³/mol. The third kappa shape index (κ3) is 5.28. The molecule has 2 aliphatic heterocycles. The lowest BCUT2D eigenvalue weighted by Gasteiger charge is -2.35. The van der Waals surface area contributed by atoms with Crippen molar-refractivity contribution < 1.29 is 19.4 Å². The van der Waals surface area contributed by atoms with Crippen LogP contribution in [0.25, 0.3) is 0 Å². The minimum Gasteiger partial charge on any atom is -0.480 e. The van der Waals surface area contributed by atoms with Gasteiger partial charge in [0.25, 0.3) is 0 Å². The summed E-state index contributed by atoms with van der Waals surface area (Å²) in [5.74, 6) is -0.0869. The molecule has 120 valence electrons. The van der Waals surface area contributed by atoms with Crippen molar-refractivity contribution in [2.75, 3.05) is 39.3 Å². The SMILES string of the molecule is CC1CCCN(C(=O)CN2CCC(OCC(=O)O)CC2)C1. The highest BCUT2D eigenvalue weighted by Crippen LogP contribution is 2.17. The molecule has 0 aliphatic carbocycles. The van der Waals surface area contributed by atoms with E-state index in [1.54, 1.807) is 0 Å². The number of aliphatic carboxylic acids is 1. The zero-order chi connectivity index (χ0) is 15.2. The van der Waals surface area contributed by atoms with Crippen molar-refractivity contribution in [2.45, 2.75) is 38.7 Å². The smallest absolute Gasteiger partial charge is 0.329 e. The van der Waals surface area contributed by atoms with E-state index < -0.39 is 5.97 Å². The van der Waals surface area contributed by atoms with Gasteiger partial charge in [-0.3, -0.25) is 9.69 Å². The number of carbonyl (C=O) groups excluding carboxylic acids is 1. The van der Waals surface area contributed by atoms with Gasteiger partial charge in [0.2, 0.25) is 5.91 Å². The molecule has 2 rings (SSSR count). The highest BCUT2D eigenvalue weighted by atomic mass is 16.5. The molecule has 6 nitrogen and oxygen atoms in total. The van der Waals surface area contributed by atoms with Crippen LogP contribution in [0.4, 0.5) is 0 Å². The van der Waals surface area contributed by atoms with Gasteiger partial charge in [-0.1, -0.05) is 6.92 Å². The molecule has 1 amide bonds. The first-order valence-electron chi connectivity index (χ1n) is 7.88. The molecule has 0 saturated carbocycles. The van der Waals surface area contributed by atoms with Crippen LogP contribution in [0.3, 0.4) is 0 Å². The summed E-state index contributed by atoms with van der Waals surface area (Å²) >= 11 is 0. The van der Waals surface area contributed by atoms with Crippen molar-refractivity contribution in [3.8, 4) is 0 Å². The lowest BCUT2D eigenvalue weighted by molar-refractivity contribution is -0.145.